The first-order chi connectivity index (χ1) is 13.2. The van der Waals surface area contributed by atoms with Gasteiger partial charge < -0.3 is 15.4 Å². The highest BCUT2D eigenvalue weighted by Crippen LogP contribution is 2.47. The monoisotopic (exact) mass is 365 g/mol. The summed E-state index contributed by atoms with van der Waals surface area (Å²) in [7, 11) is 0. The minimum Gasteiger partial charge on any atom is -0.445 e. The average molecular weight is 365 g/mol. The molecule has 2 aliphatic heterocycles. The number of benzene rings is 2. The van der Waals surface area contributed by atoms with Crippen molar-refractivity contribution in [3.8, 4) is 0 Å². The van der Waals surface area contributed by atoms with E-state index < -0.39 is 0 Å². The normalized spacial score (nSPS) is 16.9. The molecule has 0 radical (unpaired) electrons. The van der Waals surface area contributed by atoms with Gasteiger partial charge in [-0.05, 0) is 55.5 Å². The van der Waals surface area contributed by atoms with Crippen molar-refractivity contribution in [1.82, 2.24) is 4.90 Å². The van der Waals surface area contributed by atoms with Gasteiger partial charge in [-0.2, -0.15) is 0 Å². The fourth-order valence-electron chi connectivity index (χ4n) is 3.77. The van der Waals surface area contributed by atoms with Crippen molar-refractivity contribution >= 4 is 17.5 Å². The largest absolute Gasteiger partial charge is 0.445 e. The lowest BCUT2D eigenvalue weighted by molar-refractivity contribution is 0.0574. The third kappa shape index (κ3) is 4.31. The highest BCUT2D eigenvalue weighted by Gasteiger charge is 2.37. The Kier molecular flexibility index (Phi) is 5.41. The molecule has 1 saturated heterocycles. The molecule has 0 aliphatic carbocycles. The van der Waals surface area contributed by atoms with Crippen LogP contribution in [0.5, 0.6) is 0 Å². The smallest absolute Gasteiger partial charge is 0.419 e. The van der Waals surface area contributed by atoms with Crippen molar-refractivity contribution in [1.29, 1.82) is 0 Å². The van der Waals surface area contributed by atoms with Crippen LogP contribution in [0.2, 0.25) is 0 Å². The summed E-state index contributed by atoms with van der Waals surface area (Å²) >= 11 is 0. The van der Waals surface area contributed by atoms with Gasteiger partial charge in [0.15, 0.2) is 0 Å². The molecular formula is C22H27N3O2. The van der Waals surface area contributed by atoms with E-state index in [1.807, 2.05) is 24.3 Å². The van der Waals surface area contributed by atoms with Crippen LogP contribution in [0.15, 0.2) is 48.5 Å². The number of nitrogens with zero attached hydrogens (tertiary/aromatic N) is 2. The maximum Gasteiger partial charge on any atom is 0.419 e. The molecule has 2 heterocycles. The van der Waals surface area contributed by atoms with Crippen molar-refractivity contribution in [3.63, 3.8) is 0 Å². The first-order valence-electron chi connectivity index (χ1n) is 9.84. The van der Waals surface area contributed by atoms with E-state index in [1.54, 1.807) is 4.90 Å². The van der Waals surface area contributed by atoms with Crippen LogP contribution in [0, 0.1) is 0 Å². The minimum atomic E-state index is -0.229. The van der Waals surface area contributed by atoms with Crippen LogP contribution in [0.4, 0.5) is 16.2 Å². The molecular weight excluding hydrogens is 338 g/mol. The number of amides is 1. The van der Waals surface area contributed by atoms with Gasteiger partial charge >= 0.3 is 6.09 Å². The molecule has 1 fully saturated rings. The van der Waals surface area contributed by atoms with Crippen molar-refractivity contribution in [2.45, 2.75) is 31.8 Å². The van der Waals surface area contributed by atoms with Crippen LogP contribution in [0.3, 0.4) is 0 Å². The van der Waals surface area contributed by atoms with Gasteiger partial charge in [-0.25, -0.2) is 9.69 Å². The zero-order valence-electron chi connectivity index (χ0n) is 15.6. The van der Waals surface area contributed by atoms with E-state index in [1.165, 1.54) is 11.1 Å². The topological polar surface area (TPSA) is 58.6 Å². The predicted octanol–water partition coefficient (Wildman–Crippen LogP) is 3.48. The second-order valence-electron chi connectivity index (χ2n) is 7.35. The lowest BCUT2D eigenvalue weighted by Gasteiger charge is -2.31. The number of carbonyl (C=O) groups excluding carboxylic acids is 1. The van der Waals surface area contributed by atoms with Crippen molar-refractivity contribution < 1.29 is 9.53 Å². The fourth-order valence-corrected chi connectivity index (χ4v) is 3.77. The molecule has 27 heavy (non-hydrogen) atoms. The molecule has 0 spiro atoms. The Bertz CT molecular complexity index is 759. The maximum atomic E-state index is 12.3. The quantitative estimate of drug-likeness (QED) is 0.796. The van der Waals surface area contributed by atoms with Crippen molar-refractivity contribution in [2.75, 3.05) is 31.1 Å². The van der Waals surface area contributed by atoms with Crippen LogP contribution in [0.1, 0.15) is 24.0 Å². The number of nitrogens with two attached hydrogens (primary N) is 1. The molecule has 142 valence electrons. The van der Waals surface area contributed by atoms with Gasteiger partial charge in [0.25, 0.3) is 0 Å². The van der Waals surface area contributed by atoms with Gasteiger partial charge in [-0.15, -0.1) is 0 Å². The van der Waals surface area contributed by atoms with Crippen LogP contribution >= 0.6 is 0 Å². The Morgan fingerprint density at radius 3 is 2.15 bits per heavy atom. The number of hydrogen-bond donors (Lipinski definition) is 1. The maximum absolute atomic E-state index is 12.3. The summed E-state index contributed by atoms with van der Waals surface area (Å²) in [5, 5.41) is 0. The fraction of sp³-hybridized carbons (Fsp3) is 0.409. The standard InChI is InChI=1S/C22H27N3O2/c23-13-9-17-5-7-18(8-6-17)10-14-24-15-11-19(12-16-24)27-22(26)25-20-3-1-2-4-21(20)25/h1-8,19H,9-16,23H2. The number of rotatable bonds is 6. The van der Waals surface area contributed by atoms with E-state index in [4.69, 9.17) is 10.5 Å². The summed E-state index contributed by atoms with van der Waals surface area (Å²) in [6.45, 7) is 3.71. The molecule has 2 aromatic carbocycles. The first kappa shape index (κ1) is 18.0. The molecule has 5 heteroatoms. The second kappa shape index (κ2) is 8.11. The molecule has 2 aromatic rings. The molecule has 2 N–H and O–H groups in total. The van der Waals surface area contributed by atoms with Gasteiger partial charge in [-0.3, -0.25) is 0 Å². The molecule has 0 unspecified atom stereocenters. The van der Waals surface area contributed by atoms with E-state index in [2.05, 4.69) is 29.2 Å². The Morgan fingerprint density at radius 2 is 1.56 bits per heavy atom. The van der Waals surface area contributed by atoms with E-state index in [0.29, 0.717) is 6.54 Å². The minimum absolute atomic E-state index is 0.0288. The van der Waals surface area contributed by atoms with Crippen LogP contribution in [-0.4, -0.2) is 43.3 Å². The van der Waals surface area contributed by atoms with E-state index in [9.17, 15) is 4.79 Å². The summed E-state index contributed by atoms with van der Waals surface area (Å²) in [6.07, 6.45) is 3.61. The summed E-state index contributed by atoms with van der Waals surface area (Å²) < 4.78 is 5.70. The third-order valence-electron chi connectivity index (χ3n) is 5.47. The molecule has 0 saturated carbocycles. The van der Waals surface area contributed by atoms with E-state index in [-0.39, 0.29) is 12.2 Å². The first-order valence-corrected chi connectivity index (χ1v) is 9.84. The molecule has 5 nitrogen and oxygen atoms in total. The zero-order chi connectivity index (χ0) is 18.6. The number of piperidine rings is 1. The molecule has 0 aromatic heterocycles. The van der Waals surface area contributed by atoms with E-state index in [0.717, 1.165) is 56.7 Å². The van der Waals surface area contributed by atoms with Crippen LogP contribution < -0.4 is 10.6 Å². The Labute approximate surface area is 160 Å². The lowest BCUT2D eigenvalue weighted by Crippen LogP contribution is -2.39. The summed E-state index contributed by atoms with van der Waals surface area (Å²) in [6, 6.07) is 16.6. The number of ether oxygens (including phenoxy) is 1. The summed E-state index contributed by atoms with van der Waals surface area (Å²) in [4.78, 5) is 16.4. The second-order valence-corrected chi connectivity index (χ2v) is 7.35. The number of carbonyl (C=O) groups is 1. The SMILES string of the molecule is NCCc1ccc(CCN2CCC(OC(=O)N3c4ccccc43)CC2)cc1. The molecule has 2 aliphatic rings. The number of anilines is 2. The highest BCUT2D eigenvalue weighted by molar-refractivity contribution is 6.13. The van der Waals surface area contributed by atoms with Gasteiger partial charge in [0.05, 0.1) is 11.4 Å². The lowest BCUT2D eigenvalue weighted by atomic mass is 10.0. The van der Waals surface area contributed by atoms with Crippen molar-refractivity contribution in [3.05, 3.63) is 59.7 Å². The predicted molar refractivity (Wildman–Crippen MR) is 107 cm³/mol. The summed E-state index contributed by atoms with van der Waals surface area (Å²) in [5.41, 5.74) is 10.2. The zero-order valence-corrected chi connectivity index (χ0v) is 15.6. The van der Waals surface area contributed by atoms with E-state index >= 15 is 0 Å². The van der Waals surface area contributed by atoms with Gasteiger partial charge in [0.1, 0.15) is 6.10 Å². The van der Waals surface area contributed by atoms with Crippen LogP contribution in [-0.2, 0) is 17.6 Å². The molecule has 0 atom stereocenters. The van der Waals surface area contributed by atoms with Crippen LogP contribution in [0.25, 0.3) is 0 Å². The summed E-state index contributed by atoms with van der Waals surface area (Å²) in [5.74, 6) is 0. The number of fused-ring (bicyclic) bond motifs is 1. The third-order valence-corrected chi connectivity index (χ3v) is 5.47. The molecule has 1 amide bonds. The molecule has 4 rings (SSSR count). The molecule has 0 bridgehead atoms. The van der Waals surface area contributed by atoms with Crippen molar-refractivity contribution in [2.24, 2.45) is 5.73 Å². The number of para-hydroxylation sites is 2. The average Bonchev–Trinajstić information content (AvgIpc) is 3.43. The Balaban J connectivity index is 1.18. The Hall–Kier alpha value is -2.37. The van der Waals surface area contributed by atoms with Gasteiger partial charge in [-0.1, -0.05) is 36.4 Å². The highest BCUT2D eigenvalue weighted by atomic mass is 16.6. The number of hydrogen-bond acceptors (Lipinski definition) is 4. The Morgan fingerprint density at radius 1 is 0.963 bits per heavy atom. The number of likely N-dealkylation sites (tertiary alicyclic amines) is 1. The van der Waals surface area contributed by atoms with Gasteiger partial charge in [0, 0.05) is 19.6 Å². The van der Waals surface area contributed by atoms with Gasteiger partial charge in [0.2, 0.25) is 0 Å².